The van der Waals surface area contributed by atoms with Gasteiger partial charge in [-0.2, -0.15) is 0 Å². The third kappa shape index (κ3) is 2.02. The van der Waals surface area contributed by atoms with Crippen molar-refractivity contribution in [1.29, 1.82) is 0 Å². The predicted octanol–water partition coefficient (Wildman–Crippen LogP) is 1.32. The van der Waals surface area contributed by atoms with E-state index in [1.54, 1.807) is 6.92 Å². The van der Waals surface area contributed by atoms with Gasteiger partial charge in [0, 0.05) is 12.8 Å². The average Bonchev–Trinajstić information content (AvgIpc) is 2.57. The van der Waals surface area contributed by atoms with Gasteiger partial charge in [0.2, 0.25) is 0 Å². The summed E-state index contributed by atoms with van der Waals surface area (Å²) in [4.78, 5) is 11.7. The number of carbonyl (C=O) groups excluding carboxylic acids is 1. The molecule has 0 saturated heterocycles. The molecule has 2 N–H and O–H groups in total. The Hall–Kier alpha value is -1.49. The molecule has 92 valence electrons. The van der Waals surface area contributed by atoms with Crippen LogP contribution in [0.5, 0.6) is 0 Å². The van der Waals surface area contributed by atoms with Crippen LogP contribution in [0.4, 0.5) is 8.78 Å². The minimum Gasteiger partial charge on any atom is -0.465 e. The summed E-state index contributed by atoms with van der Waals surface area (Å²) in [7, 11) is 0. The standard InChI is InChI=1S/C12H13F2NO2/c1-2-17-11(16)12(15)5-7-3-9(13)10(14)4-8(7)6-12/h3-4H,2,5-6,15H2,1H3. The molecule has 0 radical (unpaired) electrons. The van der Waals surface area contributed by atoms with Crippen molar-refractivity contribution in [3.8, 4) is 0 Å². The first kappa shape index (κ1) is 12.0. The van der Waals surface area contributed by atoms with E-state index in [1.807, 2.05) is 0 Å². The quantitative estimate of drug-likeness (QED) is 0.794. The number of rotatable bonds is 2. The molecule has 0 bridgehead atoms. The Morgan fingerprint density at radius 3 is 2.24 bits per heavy atom. The van der Waals surface area contributed by atoms with Crippen molar-refractivity contribution in [2.75, 3.05) is 6.61 Å². The van der Waals surface area contributed by atoms with Gasteiger partial charge in [-0.25, -0.2) is 8.78 Å². The summed E-state index contributed by atoms with van der Waals surface area (Å²) in [5, 5.41) is 0. The van der Waals surface area contributed by atoms with Gasteiger partial charge in [0.25, 0.3) is 0 Å². The van der Waals surface area contributed by atoms with Gasteiger partial charge in [-0.3, -0.25) is 4.79 Å². The summed E-state index contributed by atoms with van der Waals surface area (Å²) in [6, 6.07) is 2.19. The number of halogens is 2. The molecule has 3 nitrogen and oxygen atoms in total. The fourth-order valence-electron chi connectivity index (χ4n) is 2.12. The molecule has 0 spiro atoms. The van der Waals surface area contributed by atoms with Crippen LogP contribution >= 0.6 is 0 Å². The van der Waals surface area contributed by atoms with E-state index in [-0.39, 0.29) is 19.4 Å². The molecule has 5 heteroatoms. The van der Waals surface area contributed by atoms with Crippen molar-refractivity contribution in [2.45, 2.75) is 25.3 Å². The molecule has 1 aromatic carbocycles. The van der Waals surface area contributed by atoms with Gasteiger partial charge in [-0.15, -0.1) is 0 Å². The number of esters is 1. The van der Waals surface area contributed by atoms with Crippen LogP contribution in [0.25, 0.3) is 0 Å². The van der Waals surface area contributed by atoms with Gasteiger partial charge in [-0.05, 0) is 30.2 Å². The van der Waals surface area contributed by atoms with Gasteiger partial charge < -0.3 is 10.5 Å². The van der Waals surface area contributed by atoms with Gasteiger partial charge >= 0.3 is 5.97 Å². The SMILES string of the molecule is CCOC(=O)C1(N)Cc2cc(F)c(F)cc2C1. The number of benzene rings is 1. The fourth-order valence-corrected chi connectivity index (χ4v) is 2.12. The topological polar surface area (TPSA) is 52.3 Å². The smallest absolute Gasteiger partial charge is 0.326 e. The maximum Gasteiger partial charge on any atom is 0.326 e. The number of carbonyl (C=O) groups is 1. The summed E-state index contributed by atoms with van der Waals surface area (Å²) in [6.07, 6.45) is 0.358. The molecule has 0 heterocycles. The van der Waals surface area contributed by atoms with E-state index in [2.05, 4.69) is 0 Å². The third-order valence-corrected chi connectivity index (χ3v) is 2.94. The summed E-state index contributed by atoms with van der Waals surface area (Å²) < 4.78 is 31.0. The zero-order chi connectivity index (χ0) is 12.6. The molecule has 1 aliphatic carbocycles. The minimum absolute atomic E-state index is 0.179. The molecular weight excluding hydrogens is 228 g/mol. The van der Waals surface area contributed by atoms with Crippen molar-refractivity contribution in [1.82, 2.24) is 0 Å². The van der Waals surface area contributed by atoms with E-state index in [0.717, 1.165) is 12.1 Å². The summed E-state index contributed by atoms with van der Waals surface area (Å²) in [5.74, 6) is -2.37. The van der Waals surface area contributed by atoms with Crippen molar-refractivity contribution < 1.29 is 18.3 Å². The molecule has 0 saturated carbocycles. The Labute approximate surface area is 97.6 Å². The first-order chi connectivity index (χ1) is 7.96. The first-order valence-corrected chi connectivity index (χ1v) is 5.39. The Bertz CT molecular complexity index is 443. The highest BCUT2D eigenvalue weighted by atomic mass is 19.2. The zero-order valence-electron chi connectivity index (χ0n) is 9.43. The lowest BCUT2D eigenvalue weighted by atomic mass is 9.98. The fraction of sp³-hybridized carbons (Fsp3) is 0.417. The molecular formula is C12H13F2NO2. The number of hydrogen-bond acceptors (Lipinski definition) is 3. The van der Waals surface area contributed by atoms with E-state index in [4.69, 9.17) is 10.5 Å². The van der Waals surface area contributed by atoms with Crippen molar-refractivity contribution >= 4 is 5.97 Å². The monoisotopic (exact) mass is 241 g/mol. The molecule has 17 heavy (non-hydrogen) atoms. The maximum atomic E-state index is 13.0. The molecule has 2 rings (SSSR count). The molecule has 0 aromatic heterocycles. The van der Waals surface area contributed by atoms with Gasteiger partial charge in [0.05, 0.1) is 6.61 Å². The van der Waals surface area contributed by atoms with Crippen LogP contribution < -0.4 is 5.73 Å². The average molecular weight is 241 g/mol. The van der Waals surface area contributed by atoms with Crippen LogP contribution in [0.15, 0.2) is 12.1 Å². The molecule has 1 aliphatic rings. The largest absolute Gasteiger partial charge is 0.465 e. The van der Waals surface area contributed by atoms with Crippen molar-refractivity contribution in [3.05, 3.63) is 34.9 Å². The van der Waals surface area contributed by atoms with Crippen LogP contribution in [0, 0.1) is 11.6 Å². The summed E-state index contributed by atoms with van der Waals surface area (Å²) >= 11 is 0. The highest BCUT2D eigenvalue weighted by molar-refractivity contribution is 5.82. The van der Waals surface area contributed by atoms with Crippen LogP contribution in [0.3, 0.4) is 0 Å². The lowest BCUT2D eigenvalue weighted by molar-refractivity contribution is -0.149. The molecule has 0 fully saturated rings. The Morgan fingerprint density at radius 2 is 1.82 bits per heavy atom. The summed E-state index contributed by atoms with van der Waals surface area (Å²) in [6.45, 7) is 1.92. The van der Waals surface area contributed by atoms with Crippen LogP contribution in [-0.2, 0) is 22.4 Å². The molecule has 0 amide bonds. The number of ether oxygens (including phenoxy) is 1. The van der Waals surface area contributed by atoms with Gasteiger partial charge in [-0.1, -0.05) is 0 Å². The van der Waals surface area contributed by atoms with Crippen LogP contribution in [-0.4, -0.2) is 18.1 Å². The van der Waals surface area contributed by atoms with E-state index in [0.29, 0.717) is 11.1 Å². The Balaban J connectivity index is 2.29. The van der Waals surface area contributed by atoms with Gasteiger partial charge in [0.1, 0.15) is 5.54 Å². The van der Waals surface area contributed by atoms with E-state index >= 15 is 0 Å². The Morgan fingerprint density at radius 1 is 1.35 bits per heavy atom. The van der Waals surface area contributed by atoms with Crippen molar-refractivity contribution in [3.63, 3.8) is 0 Å². The maximum absolute atomic E-state index is 13.0. The van der Waals surface area contributed by atoms with Crippen molar-refractivity contribution in [2.24, 2.45) is 5.73 Å². The van der Waals surface area contributed by atoms with E-state index in [1.165, 1.54) is 0 Å². The molecule has 0 atom stereocenters. The number of hydrogen-bond donors (Lipinski definition) is 1. The number of nitrogens with two attached hydrogens (primary N) is 1. The minimum atomic E-state index is -1.20. The second kappa shape index (κ2) is 4.07. The lowest BCUT2D eigenvalue weighted by Crippen LogP contribution is -2.50. The van der Waals surface area contributed by atoms with Crippen LogP contribution in [0.2, 0.25) is 0 Å². The van der Waals surface area contributed by atoms with E-state index in [9.17, 15) is 13.6 Å². The molecule has 0 unspecified atom stereocenters. The Kier molecular flexibility index (Phi) is 2.87. The lowest BCUT2D eigenvalue weighted by Gasteiger charge is -2.20. The van der Waals surface area contributed by atoms with Gasteiger partial charge in [0.15, 0.2) is 11.6 Å². The van der Waals surface area contributed by atoms with E-state index < -0.39 is 23.1 Å². The molecule has 0 aliphatic heterocycles. The van der Waals surface area contributed by atoms with Crippen LogP contribution in [0.1, 0.15) is 18.1 Å². The third-order valence-electron chi connectivity index (χ3n) is 2.94. The zero-order valence-corrected chi connectivity index (χ0v) is 9.43. The normalized spacial score (nSPS) is 16.7. The summed E-state index contributed by atoms with van der Waals surface area (Å²) in [5.41, 5.74) is 5.86. The second-order valence-corrected chi connectivity index (χ2v) is 4.27. The highest BCUT2D eigenvalue weighted by Gasteiger charge is 2.42. The highest BCUT2D eigenvalue weighted by Crippen LogP contribution is 2.31. The second-order valence-electron chi connectivity index (χ2n) is 4.27. The predicted molar refractivity (Wildman–Crippen MR) is 57.3 cm³/mol. The molecule has 1 aromatic rings. The number of fused-ring (bicyclic) bond motifs is 1. The first-order valence-electron chi connectivity index (χ1n) is 5.39.